The number of hydrogen-bond acceptors (Lipinski definition) is 1. The molecule has 0 fully saturated rings. The molecule has 0 saturated heterocycles. The first-order valence-electron chi connectivity index (χ1n) is 6.31. The minimum atomic E-state index is -1.25. The summed E-state index contributed by atoms with van der Waals surface area (Å²) in [6.45, 7) is 14.6. The van der Waals surface area contributed by atoms with Gasteiger partial charge < -0.3 is 4.74 Å². The zero-order valence-electron chi connectivity index (χ0n) is 12.3. The predicted octanol–water partition coefficient (Wildman–Crippen LogP) is 3.66. The highest BCUT2D eigenvalue weighted by atomic mass is 28.3. The average molecular weight is 267 g/mol. The summed E-state index contributed by atoms with van der Waals surface area (Å²) in [6.07, 6.45) is 0. The maximum Gasteiger partial charge on any atom is 0.119 e. The molecule has 0 aromatic heterocycles. The number of methoxy groups -OCH3 is 1. The fourth-order valence-electron chi connectivity index (χ4n) is 2.15. The molecule has 0 aliphatic rings. The van der Waals surface area contributed by atoms with Crippen LogP contribution in [0.1, 0.15) is 5.56 Å². The van der Waals surface area contributed by atoms with Gasteiger partial charge in [-0.1, -0.05) is 50.5 Å². The van der Waals surface area contributed by atoms with Crippen LogP contribution in [0.15, 0.2) is 18.2 Å². The predicted molar refractivity (Wildman–Crippen MR) is 83.0 cm³/mol. The maximum atomic E-state index is 5.37. The monoisotopic (exact) mass is 266 g/mol. The fourth-order valence-corrected chi connectivity index (χ4v) is 5.47. The fraction of sp³-hybridized carbons (Fsp3) is 0.571. The number of hydrogen-bond donors (Lipinski definition) is 0. The Hall–Kier alpha value is -0.546. The molecule has 17 heavy (non-hydrogen) atoms. The average Bonchev–Trinajstić information content (AvgIpc) is 2.13. The Morgan fingerprint density at radius 1 is 1.00 bits per heavy atom. The van der Waals surface area contributed by atoms with Gasteiger partial charge in [-0.25, -0.2) is 0 Å². The molecular formula is C14H26OSi2. The molecule has 1 aromatic carbocycles. The van der Waals surface area contributed by atoms with E-state index in [1.807, 2.05) is 0 Å². The topological polar surface area (TPSA) is 9.23 Å². The van der Waals surface area contributed by atoms with Gasteiger partial charge in [-0.2, -0.15) is 0 Å². The minimum Gasteiger partial charge on any atom is -0.497 e. The second kappa shape index (κ2) is 4.98. The summed E-state index contributed by atoms with van der Waals surface area (Å²) < 4.78 is 5.37. The van der Waals surface area contributed by atoms with Crippen LogP contribution in [-0.2, 0) is 6.04 Å². The third-order valence-electron chi connectivity index (χ3n) is 2.84. The third kappa shape index (κ3) is 4.32. The molecule has 0 spiro atoms. The van der Waals surface area contributed by atoms with E-state index in [2.05, 4.69) is 57.5 Å². The summed E-state index contributed by atoms with van der Waals surface area (Å²) in [4.78, 5) is 0. The summed E-state index contributed by atoms with van der Waals surface area (Å²) >= 11 is 0. The molecule has 0 heterocycles. The van der Waals surface area contributed by atoms with E-state index in [-0.39, 0.29) is 0 Å². The Morgan fingerprint density at radius 2 is 1.59 bits per heavy atom. The number of ether oxygens (including phenoxy) is 1. The van der Waals surface area contributed by atoms with E-state index in [9.17, 15) is 0 Å². The van der Waals surface area contributed by atoms with E-state index in [0.29, 0.717) is 0 Å². The smallest absolute Gasteiger partial charge is 0.119 e. The molecule has 0 bridgehead atoms. The highest BCUT2D eigenvalue weighted by Crippen LogP contribution is 2.19. The molecule has 0 amide bonds. The Labute approximate surface area is 108 Å². The van der Waals surface area contributed by atoms with Gasteiger partial charge in [0.05, 0.1) is 15.2 Å². The van der Waals surface area contributed by atoms with Gasteiger partial charge in [-0.05, 0) is 23.7 Å². The van der Waals surface area contributed by atoms with Crippen molar-refractivity contribution in [3.8, 4) is 5.75 Å². The molecule has 0 saturated carbocycles. The molecule has 3 heteroatoms. The van der Waals surface area contributed by atoms with Crippen molar-refractivity contribution >= 4 is 21.3 Å². The molecule has 0 atom stereocenters. The molecule has 0 radical (unpaired) electrons. The first-order valence-corrected chi connectivity index (χ1v) is 13.5. The van der Waals surface area contributed by atoms with E-state index in [1.54, 1.807) is 12.3 Å². The van der Waals surface area contributed by atoms with Gasteiger partial charge in [0.2, 0.25) is 0 Å². The molecule has 1 aromatic rings. The summed E-state index contributed by atoms with van der Waals surface area (Å²) in [5, 5.41) is 1.60. The molecule has 0 unspecified atom stereocenters. The highest BCUT2D eigenvalue weighted by Gasteiger charge is 2.23. The van der Waals surface area contributed by atoms with Gasteiger partial charge in [0.25, 0.3) is 0 Å². The quantitative estimate of drug-likeness (QED) is 0.756. The van der Waals surface area contributed by atoms with Crippen LogP contribution in [0, 0.1) is 0 Å². The van der Waals surface area contributed by atoms with E-state index in [4.69, 9.17) is 4.74 Å². The van der Waals surface area contributed by atoms with Crippen molar-refractivity contribution in [2.75, 3.05) is 7.11 Å². The lowest BCUT2D eigenvalue weighted by atomic mass is 10.2. The van der Waals surface area contributed by atoms with Crippen molar-refractivity contribution in [2.24, 2.45) is 0 Å². The number of rotatable bonds is 4. The Bertz CT molecular complexity index is 386. The standard InChI is InChI=1S/C14H26OSi2/c1-15-13-8-9-14(17(5,6)7)12(10-13)11-16(2,3)4/h8-10H,11H2,1-7H3. The van der Waals surface area contributed by atoms with Crippen LogP contribution in [0.25, 0.3) is 0 Å². The second-order valence-electron chi connectivity index (χ2n) is 7.01. The largest absolute Gasteiger partial charge is 0.497 e. The molecule has 1 nitrogen and oxygen atoms in total. The molecule has 1 rings (SSSR count). The van der Waals surface area contributed by atoms with E-state index in [1.165, 1.54) is 11.6 Å². The van der Waals surface area contributed by atoms with Gasteiger partial charge in [-0.15, -0.1) is 0 Å². The SMILES string of the molecule is COc1ccc([Si](C)(C)C)c(C[Si](C)(C)C)c1. The molecular weight excluding hydrogens is 240 g/mol. The van der Waals surface area contributed by atoms with Crippen LogP contribution in [0.5, 0.6) is 5.75 Å². The lowest BCUT2D eigenvalue weighted by Crippen LogP contribution is -2.42. The van der Waals surface area contributed by atoms with Crippen LogP contribution in [0.2, 0.25) is 39.3 Å². The van der Waals surface area contributed by atoms with E-state index >= 15 is 0 Å². The summed E-state index contributed by atoms with van der Waals surface area (Å²) in [5.41, 5.74) is 1.53. The van der Waals surface area contributed by atoms with Gasteiger partial charge in [0.1, 0.15) is 5.75 Å². The van der Waals surface area contributed by atoms with Crippen molar-refractivity contribution in [2.45, 2.75) is 45.3 Å². The molecule has 0 N–H and O–H groups in total. The number of benzene rings is 1. The molecule has 0 aliphatic carbocycles. The Kier molecular flexibility index (Phi) is 4.25. The van der Waals surface area contributed by atoms with Crippen molar-refractivity contribution in [3.05, 3.63) is 23.8 Å². The van der Waals surface area contributed by atoms with Crippen LogP contribution in [0.4, 0.5) is 0 Å². The zero-order valence-corrected chi connectivity index (χ0v) is 14.3. The lowest BCUT2D eigenvalue weighted by molar-refractivity contribution is 0.414. The first-order chi connectivity index (χ1) is 7.63. The summed E-state index contributed by atoms with van der Waals surface area (Å²) in [6, 6.07) is 7.91. The molecule has 0 aliphatic heterocycles. The van der Waals surface area contributed by atoms with Crippen molar-refractivity contribution in [1.82, 2.24) is 0 Å². The zero-order chi connectivity index (χ0) is 13.3. The Balaban J connectivity index is 3.22. The second-order valence-corrected chi connectivity index (χ2v) is 17.5. The van der Waals surface area contributed by atoms with Gasteiger partial charge in [0, 0.05) is 8.07 Å². The highest BCUT2D eigenvalue weighted by molar-refractivity contribution is 6.89. The first kappa shape index (κ1) is 14.5. The lowest BCUT2D eigenvalue weighted by Gasteiger charge is -2.25. The minimum absolute atomic E-state index is 1.00. The van der Waals surface area contributed by atoms with Gasteiger partial charge in [-0.3, -0.25) is 0 Å². The van der Waals surface area contributed by atoms with E-state index < -0.39 is 16.1 Å². The Morgan fingerprint density at radius 3 is 2.00 bits per heavy atom. The van der Waals surface area contributed by atoms with Crippen LogP contribution in [-0.4, -0.2) is 23.3 Å². The van der Waals surface area contributed by atoms with E-state index in [0.717, 1.165) is 5.75 Å². The van der Waals surface area contributed by atoms with Crippen LogP contribution >= 0.6 is 0 Å². The maximum absolute atomic E-state index is 5.37. The molecule has 96 valence electrons. The van der Waals surface area contributed by atoms with Crippen molar-refractivity contribution in [1.29, 1.82) is 0 Å². The van der Waals surface area contributed by atoms with Crippen LogP contribution in [0.3, 0.4) is 0 Å². The van der Waals surface area contributed by atoms with Gasteiger partial charge >= 0.3 is 0 Å². The summed E-state index contributed by atoms with van der Waals surface area (Å²) in [5.74, 6) is 1.00. The normalized spacial score (nSPS) is 12.6. The van der Waals surface area contributed by atoms with Gasteiger partial charge in [0.15, 0.2) is 0 Å². The summed E-state index contributed by atoms with van der Waals surface area (Å²) in [7, 11) is -0.572. The van der Waals surface area contributed by atoms with Crippen molar-refractivity contribution < 1.29 is 4.74 Å². The van der Waals surface area contributed by atoms with Crippen LogP contribution < -0.4 is 9.92 Å². The van der Waals surface area contributed by atoms with Crippen molar-refractivity contribution in [3.63, 3.8) is 0 Å². The third-order valence-corrected chi connectivity index (χ3v) is 6.39.